The fourth-order valence-electron chi connectivity index (χ4n) is 2.34. The molecular formula is C16H34N2O. The molecule has 0 bridgehead atoms. The normalized spacial score (nSPS) is 13.0. The third-order valence-electron chi connectivity index (χ3n) is 3.75. The Balaban J connectivity index is 3.62. The molecule has 0 saturated heterocycles. The van der Waals surface area contributed by atoms with Crippen LogP contribution >= 0.6 is 0 Å². The predicted octanol–water partition coefficient (Wildman–Crippen LogP) is 3.33. The zero-order valence-electron chi connectivity index (χ0n) is 13.4. The minimum absolute atomic E-state index is 0.201. The van der Waals surface area contributed by atoms with Gasteiger partial charge in [-0.05, 0) is 43.6 Å². The Morgan fingerprint density at radius 3 is 2.26 bits per heavy atom. The van der Waals surface area contributed by atoms with Gasteiger partial charge in [0.25, 0.3) is 0 Å². The van der Waals surface area contributed by atoms with Gasteiger partial charge in [-0.15, -0.1) is 0 Å². The quantitative estimate of drug-likeness (QED) is 0.566. The first-order valence-corrected chi connectivity index (χ1v) is 7.94. The maximum Gasteiger partial charge on any atom is 0.220 e. The second kappa shape index (κ2) is 11.3. The van der Waals surface area contributed by atoms with E-state index in [9.17, 15) is 4.79 Å². The molecule has 0 rings (SSSR count). The fraction of sp³-hybridized carbons (Fsp3) is 0.938. The number of hydrogen-bond donors (Lipinski definition) is 2. The third-order valence-corrected chi connectivity index (χ3v) is 3.75. The van der Waals surface area contributed by atoms with E-state index in [-0.39, 0.29) is 5.91 Å². The molecule has 0 aromatic rings. The van der Waals surface area contributed by atoms with Gasteiger partial charge in [0.1, 0.15) is 0 Å². The third kappa shape index (κ3) is 11.0. The van der Waals surface area contributed by atoms with Crippen molar-refractivity contribution in [2.24, 2.45) is 23.5 Å². The second-order valence-corrected chi connectivity index (χ2v) is 6.36. The molecule has 0 aliphatic carbocycles. The molecule has 114 valence electrons. The molecule has 19 heavy (non-hydrogen) atoms. The molecule has 1 atom stereocenters. The molecule has 1 unspecified atom stereocenters. The summed E-state index contributed by atoms with van der Waals surface area (Å²) in [6, 6.07) is 0. The Labute approximate surface area is 119 Å². The number of rotatable bonds is 11. The molecule has 0 aliphatic rings. The molecule has 0 saturated carbocycles. The van der Waals surface area contributed by atoms with Crippen LogP contribution < -0.4 is 11.1 Å². The number of unbranched alkanes of at least 4 members (excludes halogenated alkanes) is 1. The van der Waals surface area contributed by atoms with E-state index in [1.54, 1.807) is 0 Å². The summed E-state index contributed by atoms with van der Waals surface area (Å²) in [6.07, 6.45) is 6.20. The van der Waals surface area contributed by atoms with Gasteiger partial charge >= 0.3 is 0 Å². The lowest BCUT2D eigenvalue weighted by Gasteiger charge is -2.19. The number of hydrogen-bond acceptors (Lipinski definition) is 2. The zero-order valence-corrected chi connectivity index (χ0v) is 13.4. The lowest BCUT2D eigenvalue weighted by atomic mass is 9.88. The summed E-state index contributed by atoms with van der Waals surface area (Å²) >= 11 is 0. The zero-order chi connectivity index (χ0) is 14.7. The molecular weight excluding hydrogens is 236 g/mol. The van der Waals surface area contributed by atoms with E-state index in [0.29, 0.717) is 18.3 Å². The van der Waals surface area contributed by atoms with Crippen LogP contribution in [0.15, 0.2) is 0 Å². The smallest absolute Gasteiger partial charge is 0.220 e. The monoisotopic (exact) mass is 270 g/mol. The van der Waals surface area contributed by atoms with E-state index in [0.717, 1.165) is 38.3 Å². The average molecular weight is 270 g/mol. The summed E-state index contributed by atoms with van der Waals surface area (Å²) in [5.74, 6) is 2.16. The molecule has 3 N–H and O–H groups in total. The minimum Gasteiger partial charge on any atom is -0.356 e. The van der Waals surface area contributed by atoms with Gasteiger partial charge in [0.15, 0.2) is 0 Å². The van der Waals surface area contributed by atoms with Crippen LogP contribution in [-0.2, 0) is 4.79 Å². The summed E-state index contributed by atoms with van der Waals surface area (Å²) in [4.78, 5) is 11.7. The molecule has 0 aliphatic heterocycles. The molecule has 0 aromatic carbocycles. The minimum atomic E-state index is 0.201. The van der Waals surface area contributed by atoms with Crippen molar-refractivity contribution in [3.05, 3.63) is 0 Å². The number of nitrogens with two attached hydrogens (primary N) is 1. The average Bonchev–Trinajstić information content (AvgIpc) is 2.33. The first kappa shape index (κ1) is 18.4. The van der Waals surface area contributed by atoms with Crippen LogP contribution in [0.2, 0.25) is 0 Å². The lowest BCUT2D eigenvalue weighted by molar-refractivity contribution is -0.121. The summed E-state index contributed by atoms with van der Waals surface area (Å²) in [6.45, 7) is 10.5. The van der Waals surface area contributed by atoms with Crippen LogP contribution in [0.3, 0.4) is 0 Å². The van der Waals surface area contributed by atoms with Crippen molar-refractivity contribution in [3.8, 4) is 0 Å². The SMILES string of the molecule is CC(C)CCCCNC(=O)CCC(CCN)C(C)C. The van der Waals surface area contributed by atoms with Crippen LogP contribution in [0.1, 0.15) is 66.2 Å². The van der Waals surface area contributed by atoms with Gasteiger partial charge in [0.05, 0.1) is 0 Å². The molecule has 1 amide bonds. The lowest BCUT2D eigenvalue weighted by Crippen LogP contribution is -2.25. The summed E-state index contributed by atoms with van der Waals surface area (Å²) in [5.41, 5.74) is 5.61. The molecule has 0 heterocycles. The number of carbonyl (C=O) groups excluding carboxylic acids is 1. The first-order valence-electron chi connectivity index (χ1n) is 7.94. The summed E-state index contributed by atoms with van der Waals surface area (Å²) in [5, 5.41) is 3.02. The van der Waals surface area contributed by atoms with Gasteiger partial charge in [0, 0.05) is 13.0 Å². The van der Waals surface area contributed by atoms with Crippen molar-refractivity contribution in [2.45, 2.75) is 66.2 Å². The summed E-state index contributed by atoms with van der Waals surface area (Å²) in [7, 11) is 0. The van der Waals surface area contributed by atoms with Gasteiger partial charge in [-0.25, -0.2) is 0 Å². The largest absolute Gasteiger partial charge is 0.356 e. The van der Waals surface area contributed by atoms with Crippen molar-refractivity contribution < 1.29 is 4.79 Å². The molecule has 3 nitrogen and oxygen atoms in total. The highest BCUT2D eigenvalue weighted by atomic mass is 16.1. The van der Waals surface area contributed by atoms with Crippen LogP contribution in [0.25, 0.3) is 0 Å². The molecule has 0 radical (unpaired) electrons. The topological polar surface area (TPSA) is 55.1 Å². The Morgan fingerprint density at radius 2 is 1.74 bits per heavy atom. The van der Waals surface area contributed by atoms with Gasteiger partial charge in [-0.3, -0.25) is 4.79 Å². The van der Waals surface area contributed by atoms with E-state index in [4.69, 9.17) is 5.73 Å². The van der Waals surface area contributed by atoms with Crippen molar-refractivity contribution in [1.29, 1.82) is 0 Å². The maximum absolute atomic E-state index is 11.7. The van der Waals surface area contributed by atoms with Gasteiger partial charge in [0.2, 0.25) is 5.91 Å². The van der Waals surface area contributed by atoms with Gasteiger partial charge in [-0.2, -0.15) is 0 Å². The van der Waals surface area contributed by atoms with E-state index >= 15 is 0 Å². The summed E-state index contributed by atoms with van der Waals surface area (Å²) < 4.78 is 0. The van der Waals surface area contributed by atoms with Crippen molar-refractivity contribution in [1.82, 2.24) is 5.32 Å². The van der Waals surface area contributed by atoms with E-state index in [1.165, 1.54) is 12.8 Å². The Bertz CT molecular complexity index is 227. The maximum atomic E-state index is 11.7. The Hall–Kier alpha value is -0.570. The first-order chi connectivity index (χ1) is 8.97. The van der Waals surface area contributed by atoms with Crippen molar-refractivity contribution in [2.75, 3.05) is 13.1 Å². The van der Waals surface area contributed by atoms with Crippen LogP contribution in [0.5, 0.6) is 0 Å². The van der Waals surface area contributed by atoms with E-state index < -0.39 is 0 Å². The van der Waals surface area contributed by atoms with Crippen LogP contribution in [0.4, 0.5) is 0 Å². The van der Waals surface area contributed by atoms with E-state index in [1.807, 2.05) is 0 Å². The molecule has 0 spiro atoms. The fourth-order valence-corrected chi connectivity index (χ4v) is 2.34. The predicted molar refractivity (Wildman–Crippen MR) is 82.9 cm³/mol. The van der Waals surface area contributed by atoms with Gasteiger partial charge < -0.3 is 11.1 Å². The Kier molecular flexibility index (Phi) is 10.9. The molecule has 0 fully saturated rings. The van der Waals surface area contributed by atoms with Crippen molar-refractivity contribution in [3.63, 3.8) is 0 Å². The van der Waals surface area contributed by atoms with Crippen molar-refractivity contribution >= 4 is 5.91 Å². The number of carbonyl (C=O) groups is 1. The van der Waals surface area contributed by atoms with Crippen LogP contribution in [0, 0.1) is 17.8 Å². The number of nitrogens with one attached hydrogen (secondary N) is 1. The highest BCUT2D eigenvalue weighted by Crippen LogP contribution is 2.20. The second-order valence-electron chi connectivity index (χ2n) is 6.36. The highest BCUT2D eigenvalue weighted by molar-refractivity contribution is 5.75. The van der Waals surface area contributed by atoms with Crippen LogP contribution in [-0.4, -0.2) is 19.0 Å². The van der Waals surface area contributed by atoms with Gasteiger partial charge in [-0.1, -0.05) is 40.5 Å². The molecule has 0 aromatic heterocycles. The highest BCUT2D eigenvalue weighted by Gasteiger charge is 2.14. The standard InChI is InChI=1S/C16H34N2O/c1-13(2)7-5-6-12-18-16(19)9-8-15(10-11-17)14(3)4/h13-15H,5-12,17H2,1-4H3,(H,18,19). The Morgan fingerprint density at radius 1 is 1.05 bits per heavy atom. The molecule has 3 heteroatoms. The van der Waals surface area contributed by atoms with E-state index in [2.05, 4.69) is 33.0 Å². The number of amides is 1.